The van der Waals surface area contributed by atoms with Gasteiger partial charge in [-0.05, 0) is 44.4 Å². The number of aromatic nitrogens is 7. The third-order valence-corrected chi connectivity index (χ3v) is 7.09. The second kappa shape index (κ2) is 6.76. The van der Waals surface area contributed by atoms with E-state index >= 15 is 0 Å². The van der Waals surface area contributed by atoms with Gasteiger partial charge in [0.25, 0.3) is 0 Å². The Bertz CT molecular complexity index is 1170. The number of nitrogens with one attached hydrogen (secondary N) is 1. The molecule has 6 rings (SSSR count). The molecule has 168 valence electrons. The van der Waals surface area contributed by atoms with Crippen molar-refractivity contribution in [2.45, 2.75) is 56.7 Å². The molecule has 3 aliphatic rings. The quantitative estimate of drug-likeness (QED) is 0.637. The predicted molar refractivity (Wildman–Crippen MR) is 108 cm³/mol. The lowest BCUT2D eigenvalue weighted by atomic mass is 10.1. The van der Waals surface area contributed by atoms with E-state index in [1.807, 2.05) is 29.5 Å². The first-order chi connectivity index (χ1) is 15.3. The number of hydrogen-bond acceptors (Lipinski definition) is 6. The summed E-state index contributed by atoms with van der Waals surface area (Å²) in [6.45, 7) is 1.88. The molecule has 2 unspecified atom stereocenters. The molecule has 3 fully saturated rings. The third kappa shape index (κ3) is 3.25. The highest BCUT2D eigenvalue weighted by Crippen LogP contribution is 2.65. The van der Waals surface area contributed by atoms with Crippen LogP contribution in [-0.4, -0.2) is 34.5 Å². The predicted octanol–water partition coefficient (Wildman–Crippen LogP) is 4.11. The molecule has 3 saturated carbocycles. The maximum atomic E-state index is 13.3. The van der Waals surface area contributed by atoms with E-state index in [9.17, 15) is 13.2 Å². The van der Waals surface area contributed by atoms with Crippen LogP contribution in [0.2, 0.25) is 0 Å². The minimum absolute atomic E-state index is 0.0886. The maximum absolute atomic E-state index is 13.3. The fraction of sp³-hybridized carbons (Fsp3) is 0.571. The van der Waals surface area contributed by atoms with E-state index in [-0.39, 0.29) is 17.6 Å². The molecule has 0 aromatic carbocycles. The fourth-order valence-corrected chi connectivity index (χ4v) is 5.27. The SMILES string of the molecule is Cc1nn(C2CC3C(C2)C3c2ncnn2C)cc1Nc1ncc(C(F)(F)F)c(C2CC2)n1. The molecule has 0 radical (unpaired) electrons. The third-order valence-electron chi connectivity index (χ3n) is 7.09. The number of fused-ring (bicyclic) bond motifs is 1. The van der Waals surface area contributed by atoms with Gasteiger partial charge < -0.3 is 5.32 Å². The molecule has 3 heterocycles. The van der Waals surface area contributed by atoms with Crippen molar-refractivity contribution in [2.75, 3.05) is 5.32 Å². The number of aryl methyl sites for hydroxylation is 2. The van der Waals surface area contributed by atoms with Gasteiger partial charge in [0, 0.05) is 31.3 Å². The van der Waals surface area contributed by atoms with Crippen LogP contribution in [0.15, 0.2) is 18.7 Å². The highest BCUT2D eigenvalue weighted by atomic mass is 19.4. The molecule has 0 amide bonds. The Kier molecular flexibility index (Phi) is 4.16. The number of nitrogens with zero attached hydrogens (tertiary/aromatic N) is 7. The van der Waals surface area contributed by atoms with Gasteiger partial charge in [-0.2, -0.15) is 23.4 Å². The minimum atomic E-state index is -4.44. The summed E-state index contributed by atoms with van der Waals surface area (Å²) >= 11 is 0. The van der Waals surface area contributed by atoms with Gasteiger partial charge in [0.15, 0.2) is 0 Å². The van der Waals surface area contributed by atoms with Crippen molar-refractivity contribution in [3.63, 3.8) is 0 Å². The average molecular weight is 444 g/mol. The smallest absolute Gasteiger partial charge is 0.321 e. The Morgan fingerprint density at radius 2 is 1.88 bits per heavy atom. The van der Waals surface area contributed by atoms with Crippen molar-refractivity contribution in [3.05, 3.63) is 41.5 Å². The first kappa shape index (κ1) is 19.7. The molecule has 11 heteroatoms. The Labute approximate surface area is 182 Å². The molecule has 3 aromatic rings. The summed E-state index contributed by atoms with van der Waals surface area (Å²) in [6, 6.07) is 0.305. The number of halogens is 3. The summed E-state index contributed by atoms with van der Waals surface area (Å²) in [5, 5.41) is 11.9. The summed E-state index contributed by atoms with van der Waals surface area (Å²) in [5.74, 6) is 2.79. The monoisotopic (exact) mass is 444 g/mol. The average Bonchev–Trinajstić information content (AvgIpc) is 3.55. The Hall–Kier alpha value is -2.98. The molecule has 1 N–H and O–H groups in total. The highest BCUT2D eigenvalue weighted by molar-refractivity contribution is 5.55. The van der Waals surface area contributed by atoms with E-state index in [0.29, 0.717) is 23.8 Å². The molecule has 0 saturated heterocycles. The first-order valence-electron chi connectivity index (χ1n) is 10.9. The lowest BCUT2D eigenvalue weighted by Crippen LogP contribution is -2.12. The van der Waals surface area contributed by atoms with E-state index in [1.54, 1.807) is 6.33 Å². The van der Waals surface area contributed by atoms with Crippen LogP contribution in [0.3, 0.4) is 0 Å². The molecule has 0 spiro atoms. The van der Waals surface area contributed by atoms with Crippen LogP contribution in [-0.2, 0) is 13.2 Å². The molecule has 32 heavy (non-hydrogen) atoms. The number of hydrogen-bond donors (Lipinski definition) is 1. The minimum Gasteiger partial charge on any atom is -0.321 e. The van der Waals surface area contributed by atoms with Crippen LogP contribution in [0.4, 0.5) is 24.8 Å². The van der Waals surface area contributed by atoms with Crippen molar-refractivity contribution in [1.29, 1.82) is 0 Å². The van der Waals surface area contributed by atoms with Gasteiger partial charge in [-0.15, -0.1) is 0 Å². The largest absolute Gasteiger partial charge is 0.419 e. The molecule has 2 atom stereocenters. The zero-order valence-electron chi connectivity index (χ0n) is 17.7. The van der Waals surface area contributed by atoms with Gasteiger partial charge in [0.2, 0.25) is 5.95 Å². The second-order valence-electron chi connectivity index (χ2n) is 9.22. The summed E-state index contributed by atoms with van der Waals surface area (Å²) in [7, 11) is 1.93. The van der Waals surface area contributed by atoms with Crippen LogP contribution < -0.4 is 5.32 Å². The number of rotatable bonds is 5. The zero-order chi connectivity index (χ0) is 22.2. The van der Waals surface area contributed by atoms with E-state index in [1.165, 1.54) is 0 Å². The Morgan fingerprint density at radius 3 is 2.50 bits per heavy atom. The van der Waals surface area contributed by atoms with Crippen LogP contribution in [0.5, 0.6) is 0 Å². The van der Waals surface area contributed by atoms with Gasteiger partial charge in [-0.25, -0.2) is 15.0 Å². The standard InChI is InChI=1S/C21H23F3N8/c1-10-16(28-20-25-7-15(21(22,23)24)18(29-20)11-3-4-11)8-32(30-10)12-5-13-14(6-12)17(13)19-26-9-27-31(19)2/h7-9,11-14,17H,3-6H2,1-2H3,(H,25,28,29). The van der Waals surface area contributed by atoms with Crippen molar-refractivity contribution in [3.8, 4) is 0 Å². The molecule has 8 nitrogen and oxygen atoms in total. The Morgan fingerprint density at radius 1 is 1.12 bits per heavy atom. The summed E-state index contributed by atoms with van der Waals surface area (Å²) < 4.78 is 43.7. The summed E-state index contributed by atoms with van der Waals surface area (Å²) in [4.78, 5) is 12.5. The second-order valence-corrected chi connectivity index (χ2v) is 9.22. The van der Waals surface area contributed by atoms with Gasteiger partial charge in [-0.1, -0.05) is 0 Å². The molecule has 0 bridgehead atoms. The van der Waals surface area contributed by atoms with Crippen molar-refractivity contribution >= 4 is 11.6 Å². The Balaban J connectivity index is 1.17. The van der Waals surface area contributed by atoms with Crippen LogP contribution >= 0.6 is 0 Å². The van der Waals surface area contributed by atoms with Crippen molar-refractivity contribution in [2.24, 2.45) is 18.9 Å². The van der Waals surface area contributed by atoms with Crippen molar-refractivity contribution in [1.82, 2.24) is 34.5 Å². The fourth-order valence-electron chi connectivity index (χ4n) is 5.27. The van der Waals surface area contributed by atoms with Gasteiger partial charge in [-0.3, -0.25) is 9.36 Å². The lowest BCUT2D eigenvalue weighted by Gasteiger charge is -2.14. The van der Waals surface area contributed by atoms with E-state index in [2.05, 4.69) is 30.5 Å². The van der Waals surface area contributed by atoms with Gasteiger partial charge >= 0.3 is 6.18 Å². The maximum Gasteiger partial charge on any atom is 0.419 e. The van der Waals surface area contributed by atoms with Crippen LogP contribution in [0, 0.1) is 18.8 Å². The number of anilines is 2. The van der Waals surface area contributed by atoms with E-state index in [0.717, 1.165) is 49.1 Å². The van der Waals surface area contributed by atoms with Crippen LogP contribution in [0.1, 0.15) is 66.3 Å². The van der Waals surface area contributed by atoms with Crippen molar-refractivity contribution < 1.29 is 13.2 Å². The highest BCUT2D eigenvalue weighted by Gasteiger charge is 2.58. The molecular weight excluding hydrogens is 421 g/mol. The molecular formula is C21H23F3N8. The van der Waals surface area contributed by atoms with Gasteiger partial charge in [0.05, 0.1) is 28.7 Å². The van der Waals surface area contributed by atoms with Crippen LogP contribution in [0.25, 0.3) is 0 Å². The normalized spacial score (nSPS) is 26.9. The summed E-state index contributed by atoms with van der Waals surface area (Å²) in [6.07, 6.45) is 3.50. The van der Waals surface area contributed by atoms with Gasteiger partial charge in [0.1, 0.15) is 12.2 Å². The van der Waals surface area contributed by atoms with E-state index < -0.39 is 11.7 Å². The molecule has 3 aliphatic carbocycles. The lowest BCUT2D eigenvalue weighted by molar-refractivity contribution is -0.138. The van der Waals surface area contributed by atoms with E-state index in [4.69, 9.17) is 0 Å². The zero-order valence-corrected chi connectivity index (χ0v) is 17.7. The topological polar surface area (TPSA) is 86.3 Å². The molecule has 3 aromatic heterocycles. The summed E-state index contributed by atoms with van der Waals surface area (Å²) in [5.41, 5.74) is 0.843. The molecule has 0 aliphatic heterocycles. The first-order valence-corrected chi connectivity index (χ1v) is 10.9. The number of alkyl halides is 3.